The molecule has 32 heavy (non-hydrogen) atoms. The first-order chi connectivity index (χ1) is 15.6. The van der Waals surface area contributed by atoms with E-state index in [4.69, 9.17) is 15.2 Å². The smallest absolute Gasteiger partial charge is 0.217 e. The number of aromatic nitrogens is 1. The number of pyridine rings is 1. The molecule has 7 nitrogen and oxygen atoms in total. The summed E-state index contributed by atoms with van der Waals surface area (Å²) in [6.07, 6.45) is 12.5. The predicted octanol–water partition coefficient (Wildman–Crippen LogP) is 4.06. The SMILES string of the molecule is NC(=O)CCC(OC1CCCCC1)N1C=COC1c1ccc(C(=O)c2cccnc2)cc1. The van der Waals surface area contributed by atoms with Crippen LogP contribution in [0.5, 0.6) is 0 Å². The molecule has 1 aromatic carbocycles. The fraction of sp³-hybridized carbons (Fsp3) is 0.400. The van der Waals surface area contributed by atoms with Gasteiger partial charge in [-0.15, -0.1) is 0 Å². The van der Waals surface area contributed by atoms with E-state index < -0.39 is 0 Å². The molecule has 0 saturated heterocycles. The van der Waals surface area contributed by atoms with Crippen molar-refractivity contribution in [2.45, 2.75) is 63.5 Å². The van der Waals surface area contributed by atoms with Gasteiger partial charge in [0.1, 0.15) is 12.5 Å². The number of nitrogens with zero attached hydrogens (tertiary/aromatic N) is 2. The first-order valence-electron chi connectivity index (χ1n) is 11.2. The molecule has 2 aromatic rings. The monoisotopic (exact) mass is 435 g/mol. The van der Waals surface area contributed by atoms with E-state index in [0.717, 1.165) is 31.2 Å². The van der Waals surface area contributed by atoms with Crippen LogP contribution >= 0.6 is 0 Å². The Balaban J connectivity index is 1.49. The molecule has 1 aromatic heterocycles. The number of primary amides is 1. The zero-order valence-corrected chi connectivity index (χ0v) is 18.1. The van der Waals surface area contributed by atoms with Crippen LogP contribution in [0.25, 0.3) is 0 Å². The Bertz CT molecular complexity index is 939. The van der Waals surface area contributed by atoms with Crippen molar-refractivity contribution in [3.63, 3.8) is 0 Å². The van der Waals surface area contributed by atoms with Crippen LogP contribution in [0, 0.1) is 0 Å². The van der Waals surface area contributed by atoms with E-state index in [0.29, 0.717) is 17.5 Å². The topological polar surface area (TPSA) is 94.8 Å². The van der Waals surface area contributed by atoms with Gasteiger partial charge in [-0.2, -0.15) is 0 Å². The van der Waals surface area contributed by atoms with Crippen molar-refractivity contribution >= 4 is 11.7 Å². The third kappa shape index (κ3) is 5.34. The molecule has 1 saturated carbocycles. The Morgan fingerprint density at radius 1 is 1.12 bits per heavy atom. The molecule has 1 aliphatic carbocycles. The maximum Gasteiger partial charge on any atom is 0.217 e. The largest absolute Gasteiger partial charge is 0.472 e. The minimum Gasteiger partial charge on any atom is -0.472 e. The van der Waals surface area contributed by atoms with E-state index >= 15 is 0 Å². The van der Waals surface area contributed by atoms with E-state index in [1.165, 1.54) is 6.42 Å². The highest BCUT2D eigenvalue weighted by Crippen LogP contribution is 2.33. The number of nitrogens with two attached hydrogens (primary N) is 1. The number of hydrogen-bond acceptors (Lipinski definition) is 6. The Hall–Kier alpha value is -3.19. The molecular weight excluding hydrogens is 406 g/mol. The van der Waals surface area contributed by atoms with Gasteiger partial charge in [0.2, 0.25) is 5.91 Å². The van der Waals surface area contributed by atoms with E-state index in [1.807, 2.05) is 23.2 Å². The van der Waals surface area contributed by atoms with Gasteiger partial charge in [-0.1, -0.05) is 43.5 Å². The van der Waals surface area contributed by atoms with Gasteiger partial charge in [-0.3, -0.25) is 14.6 Å². The van der Waals surface area contributed by atoms with E-state index in [9.17, 15) is 9.59 Å². The Labute approximate surface area is 188 Å². The predicted molar refractivity (Wildman–Crippen MR) is 119 cm³/mol. The van der Waals surface area contributed by atoms with Gasteiger partial charge in [0, 0.05) is 48.1 Å². The number of ether oxygens (including phenoxy) is 2. The zero-order valence-electron chi connectivity index (χ0n) is 18.1. The number of carbonyl (C=O) groups is 2. The molecule has 2 atom stereocenters. The van der Waals surface area contributed by atoms with E-state index in [-0.39, 0.29) is 36.7 Å². The highest BCUT2D eigenvalue weighted by atomic mass is 16.5. The standard InChI is InChI=1S/C25H29N3O4/c26-22(29)12-13-23(32-21-6-2-1-3-7-21)28-15-16-31-25(28)19-10-8-18(9-11-19)24(30)20-5-4-14-27-17-20/h4-5,8-11,14-17,21,23,25H,1-3,6-7,12-13H2,(H2,26,29). The second-order valence-electron chi connectivity index (χ2n) is 8.27. The summed E-state index contributed by atoms with van der Waals surface area (Å²) >= 11 is 0. The van der Waals surface area contributed by atoms with E-state index in [2.05, 4.69) is 4.98 Å². The Morgan fingerprint density at radius 3 is 2.59 bits per heavy atom. The summed E-state index contributed by atoms with van der Waals surface area (Å²) in [6, 6.07) is 10.9. The molecule has 7 heteroatoms. The van der Waals surface area contributed by atoms with Crippen molar-refractivity contribution in [3.05, 3.63) is 77.9 Å². The van der Waals surface area contributed by atoms with Crippen LogP contribution in [0.3, 0.4) is 0 Å². The van der Waals surface area contributed by atoms with Gasteiger partial charge in [0.05, 0.1) is 6.10 Å². The van der Waals surface area contributed by atoms with Crippen LogP contribution in [0.1, 0.15) is 72.7 Å². The molecule has 0 spiro atoms. The molecule has 4 rings (SSSR count). The minimum absolute atomic E-state index is 0.0769. The molecule has 2 unspecified atom stereocenters. The fourth-order valence-electron chi connectivity index (χ4n) is 4.27. The average molecular weight is 436 g/mol. The quantitative estimate of drug-likeness (QED) is 0.597. The van der Waals surface area contributed by atoms with Gasteiger partial charge in [-0.25, -0.2) is 0 Å². The summed E-state index contributed by atoms with van der Waals surface area (Å²) in [6.45, 7) is 0. The van der Waals surface area contributed by atoms with Crippen LogP contribution < -0.4 is 5.73 Å². The van der Waals surface area contributed by atoms with Crippen LogP contribution in [-0.2, 0) is 14.3 Å². The molecule has 0 bridgehead atoms. The first kappa shape index (κ1) is 22.0. The third-order valence-corrected chi connectivity index (χ3v) is 5.96. The van der Waals surface area contributed by atoms with Crippen molar-refractivity contribution in [2.75, 3.05) is 0 Å². The van der Waals surface area contributed by atoms with Crippen molar-refractivity contribution in [1.29, 1.82) is 0 Å². The molecular formula is C25H29N3O4. The van der Waals surface area contributed by atoms with Crippen molar-refractivity contribution < 1.29 is 19.1 Å². The van der Waals surface area contributed by atoms with Crippen LogP contribution in [-0.4, -0.2) is 33.9 Å². The average Bonchev–Trinajstić information content (AvgIpc) is 3.32. The second kappa shape index (κ2) is 10.4. The lowest BCUT2D eigenvalue weighted by molar-refractivity contribution is -0.138. The van der Waals surface area contributed by atoms with Crippen molar-refractivity contribution in [2.24, 2.45) is 5.73 Å². The normalized spacial score (nSPS) is 19.5. The molecule has 2 N–H and O–H groups in total. The summed E-state index contributed by atoms with van der Waals surface area (Å²) in [5, 5.41) is 0. The first-order valence-corrected chi connectivity index (χ1v) is 11.2. The number of rotatable bonds is 9. The minimum atomic E-state index is -0.390. The van der Waals surface area contributed by atoms with Crippen LogP contribution in [0.2, 0.25) is 0 Å². The van der Waals surface area contributed by atoms with Gasteiger partial charge in [0.25, 0.3) is 0 Å². The number of carbonyl (C=O) groups excluding carboxylic acids is 2. The highest BCUT2D eigenvalue weighted by molar-refractivity contribution is 6.08. The van der Waals surface area contributed by atoms with Crippen LogP contribution in [0.15, 0.2) is 61.3 Å². The Kier molecular flexibility index (Phi) is 7.17. The molecule has 1 amide bonds. The number of amides is 1. The van der Waals surface area contributed by atoms with Crippen molar-refractivity contribution in [3.8, 4) is 0 Å². The lowest BCUT2D eigenvalue weighted by Crippen LogP contribution is -2.38. The second-order valence-corrected chi connectivity index (χ2v) is 8.27. The summed E-state index contributed by atoms with van der Waals surface area (Å²) in [5.41, 5.74) is 7.45. The number of hydrogen-bond donors (Lipinski definition) is 1. The highest BCUT2D eigenvalue weighted by Gasteiger charge is 2.32. The van der Waals surface area contributed by atoms with Crippen molar-refractivity contribution in [1.82, 2.24) is 9.88 Å². The molecule has 2 aliphatic rings. The molecule has 1 aliphatic heterocycles. The fourth-order valence-corrected chi connectivity index (χ4v) is 4.27. The lowest BCUT2D eigenvalue weighted by atomic mass is 9.97. The molecule has 0 radical (unpaired) electrons. The van der Waals surface area contributed by atoms with Crippen LogP contribution in [0.4, 0.5) is 0 Å². The molecule has 168 valence electrons. The van der Waals surface area contributed by atoms with Gasteiger partial charge >= 0.3 is 0 Å². The number of ketones is 1. The maximum absolute atomic E-state index is 12.7. The van der Waals surface area contributed by atoms with Gasteiger partial charge in [0.15, 0.2) is 12.0 Å². The van der Waals surface area contributed by atoms with Gasteiger partial charge < -0.3 is 20.1 Å². The lowest BCUT2D eigenvalue weighted by Gasteiger charge is -2.36. The van der Waals surface area contributed by atoms with Gasteiger partial charge in [-0.05, 0) is 25.0 Å². The summed E-state index contributed by atoms with van der Waals surface area (Å²) in [4.78, 5) is 30.1. The molecule has 1 fully saturated rings. The summed E-state index contributed by atoms with van der Waals surface area (Å²) in [5.74, 6) is -0.423. The summed E-state index contributed by atoms with van der Waals surface area (Å²) in [7, 11) is 0. The zero-order chi connectivity index (χ0) is 22.3. The van der Waals surface area contributed by atoms with E-state index in [1.54, 1.807) is 42.9 Å². The molecule has 2 heterocycles. The summed E-state index contributed by atoms with van der Waals surface area (Å²) < 4.78 is 12.3. The maximum atomic E-state index is 12.7. The third-order valence-electron chi connectivity index (χ3n) is 5.96. The Morgan fingerprint density at radius 2 is 1.91 bits per heavy atom. The number of benzene rings is 1.